The second kappa shape index (κ2) is 5.43. The van der Waals surface area contributed by atoms with Crippen molar-refractivity contribution in [3.63, 3.8) is 0 Å². The van der Waals surface area contributed by atoms with E-state index in [2.05, 4.69) is 15.2 Å². The number of rotatable bonds is 3. The van der Waals surface area contributed by atoms with Crippen molar-refractivity contribution in [2.24, 2.45) is 5.73 Å². The summed E-state index contributed by atoms with van der Waals surface area (Å²) in [6.45, 7) is 2.49. The van der Waals surface area contributed by atoms with Crippen molar-refractivity contribution in [3.05, 3.63) is 23.9 Å². The van der Waals surface area contributed by atoms with Crippen molar-refractivity contribution < 1.29 is 0 Å². The highest BCUT2D eigenvalue weighted by atomic mass is 32.1. The number of nitrogens with zero attached hydrogens (tertiary/aromatic N) is 2. The number of aromatic nitrogens is 1. The molecule has 0 aliphatic carbocycles. The maximum absolute atomic E-state index is 5.62. The van der Waals surface area contributed by atoms with E-state index in [0.29, 0.717) is 16.7 Å². The molecule has 2 atom stereocenters. The summed E-state index contributed by atoms with van der Waals surface area (Å²) < 4.78 is 0. The van der Waals surface area contributed by atoms with Gasteiger partial charge in [-0.1, -0.05) is 18.3 Å². The molecule has 4 nitrogen and oxygen atoms in total. The number of piperidine rings is 1. The summed E-state index contributed by atoms with van der Waals surface area (Å²) in [5.74, 6) is 0.891. The van der Waals surface area contributed by atoms with Crippen LogP contribution in [0.15, 0.2) is 18.2 Å². The Morgan fingerprint density at radius 2 is 2.26 bits per heavy atom. The Morgan fingerprint density at radius 1 is 1.37 bits per heavy atom. The minimum absolute atomic E-state index is 0.356. The molecule has 0 saturated carbocycles. The number of fused-ring (bicyclic) bond motifs is 1. The molecule has 1 aromatic heterocycles. The highest BCUT2D eigenvalue weighted by Gasteiger charge is 2.31. The van der Waals surface area contributed by atoms with Gasteiger partial charge in [0.2, 0.25) is 0 Å². The lowest BCUT2D eigenvalue weighted by Gasteiger charge is -2.35. The molecule has 2 aliphatic heterocycles. The number of thiocarbonyl (C=S) groups is 1. The molecule has 5 heteroatoms. The van der Waals surface area contributed by atoms with Crippen LogP contribution in [0.4, 0.5) is 5.82 Å². The molecule has 3 N–H and O–H groups in total. The summed E-state index contributed by atoms with van der Waals surface area (Å²) in [5, 5.41) is 3.54. The Hall–Kier alpha value is -1.20. The molecule has 0 radical (unpaired) electrons. The number of anilines is 1. The predicted molar refractivity (Wildman–Crippen MR) is 81.4 cm³/mol. The van der Waals surface area contributed by atoms with Crippen LogP contribution < -0.4 is 11.1 Å². The smallest absolute Gasteiger partial charge is 0.126 e. The van der Waals surface area contributed by atoms with Gasteiger partial charge in [-0.2, -0.15) is 0 Å². The van der Waals surface area contributed by atoms with Gasteiger partial charge in [-0.25, -0.2) is 4.98 Å². The topological polar surface area (TPSA) is 54.2 Å². The number of nitrogens with two attached hydrogens (primary N) is 1. The van der Waals surface area contributed by atoms with Crippen molar-refractivity contribution >= 4 is 23.0 Å². The molecule has 0 spiro atoms. The fourth-order valence-corrected chi connectivity index (χ4v) is 3.33. The first-order chi connectivity index (χ1) is 9.22. The first kappa shape index (κ1) is 12.8. The molecule has 2 aliphatic rings. The zero-order valence-electron chi connectivity index (χ0n) is 11.0. The predicted octanol–water partition coefficient (Wildman–Crippen LogP) is 1.75. The zero-order chi connectivity index (χ0) is 13.2. The SMILES string of the molecule is NC(=S)c1cccc(NC2CCN3CCCC3C2)n1. The Kier molecular flexibility index (Phi) is 3.66. The van der Waals surface area contributed by atoms with Crippen LogP contribution in [0.2, 0.25) is 0 Å². The molecule has 1 aromatic rings. The number of hydrogen-bond acceptors (Lipinski definition) is 4. The van der Waals surface area contributed by atoms with E-state index in [1.54, 1.807) is 0 Å². The second-order valence-corrected chi connectivity index (χ2v) is 5.91. The third kappa shape index (κ3) is 2.87. The van der Waals surface area contributed by atoms with Crippen LogP contribution in [0.25, 0.3) is 0 Å². The van der Waals surface area contributed by atoms with Crippen LogP contribution in [0.1, 0.15) is 31.4 Å². The molecule has 0 aromatic carbocycles. The highest BCUT2D eigenvalue weighted by molar-refractivity contribution is 7.80. The van der Waals surface area contributed by atoms with Crippen molar-refractivity contribution in [1.29, 1.82) is 0 Å². The van der Waals surface area contributed by atoms with Gasteiger partial charge in [-0.3, -0.25) is 0 Å². The highest BCUT2D eigenvalue weighted by Crippen LogP contribution is 2.28. The van der Waals surface area contributed by atoms with Gasteiger partial charge in [0.25, 0.3) is 0 Å². The molecular weight excluding hydrogens is 256 g/mol. The van der Waals surface area contributed by atoms with E-state index < -0.39 is 0 Å². The first-order valence-corrected chi connectivity index (χ1v) is 7.40. The number of pyridine rings is 1. The van der Waals surface area contributed by atoms with Crippen LogP contribution >= 0.6 is 12.2 Å². The third-order valence-corrected chi connectivity index (χ3v) is 4.38. The van der Waals surface area contributed by atoms with Crippen molar-refractivity contribution in [3.8, 4) is 0 Å². The molecule has 0 bridgehead atoms. The summed E-state index contributed by atoms with van der Waals surface area (Å²) in [6.07, 6.45) is 5.11. The zero-order valence-corrected chi connectivity index (χ0v) is 11.8. The van der Waals surface area contributed by atoms with Gasteiger partial charge in [0.05, 0.1) is 5.69 Å². The van der Waals surface area contributed by atoms with Crippen LogP contribution in [0.5, 0.6) is 0 Å². The Bertz CT molecular complexity index is 476. The van der Waals surface area contributed by atoms with Crippen LogP contribution in [0, 0.1) is 0 Å². The van der Waals surface area contributed by atoms with E-state index in [9.17, 15) is 0 Å². The fraction of sp³-hybridized carbons (Fsp3) is 0.571. The molecule has 3 rings (SSSR count). The van der Waals surface area contributed by atoms with Gasteiger partial charge in [0.15, 0.2) is 0 Å². The van der Waals surface area contributed by atoms with Crippen molar-refractivity contribution in [2.45, 2.75) is 37.8 Å². The summed E-state index contributed by atoms with van der Waals surface area (Å²) >= 11 is 4.97. The minimum atomic E-state index is 0.356. The largest absolute Gasteiger partial charge is 0.388 e. The molecule has 2 fully saturated rings. The van der Waals surface area contributed by atoms with E-state index in [1.807, 2.05) is 18.2 Å². The summed E-state index contributed by atoms with van der Waals surface area (Å²) in [5.41, 5.74) is 6.31. The average molecular weight is 276 g/mol. The van der Waals surface area contributed by atoms with E-state index in [4.69, 9.17) is 18.0 Å². The summed E-state index contributed by atoms with van der Waals surface area (Å²) in [7, 11) is 0. The molecule has 2 saturated heterocycles. The van der Waals surface area contributed by atoms with E-state index in [-0.39, 0.29) is 0 Å². The van der Waals surface area contributed by atoms with E-state index in [1.165, 1.54) is 38.8 Å². The molecule has 3 heterocycles. The van der Waals surface area contributed by atoms with Gasteiger partial charge in [0, 0.05) is 18.6 Å². The lowest BCUT2D eigenvalue weighted by atomic mass is 9.97. The number of nitrogens with one attached hydrogen (secondary N) is 1. The van der Waals surface area contributed by atoms with Crippen LogP contribution in [-0.4, -0.2) is 40.0 Å². The van der Waals surface area contributed by atoms with Crippen LogP contribution in [-0.2, 0) is 0 Å². The van der Waals surface area contributed by atoms with E-state index >= 15 is 0 Å². The normalized spacial score (nSPS) is 26.9. The van der Waals surface area contributed by atoms with Gasteiger partial charge in [-0.05, 0) is 44.4 Å². The maximum Gasteiger partial charge on any atom is 0.126 e. The van der Waals surface area contributed by atoms with Gasteiger partial charge in [0.1, 0.15) is 10.8 Å². The first-order valence-electron chi connectivity index (χ1n) is 7.00. The Morgan fingerprint density at radius 3 is 3.11 bits per heavy atom. The standard InChI is InChI=1S/C14H20N4S/c15-14(19)12-4-1-5-13(17-12)16-10-6-8-18-7-2-3-11(18)9-10/h1,4-5,10-11H,2-3,6-9H2,(H2,15,19)(H,16,17). The minimum Gasteiger partial charge on any atom is -0.388 e. The molecule has 19 heavy (non-hydrogen) atoms. The number of hydrogen-bond donors (Lipinski definition) is 2. The summed E-state index contributed by atoms with van der Waals surface area (Å²) in [6, 6.07) is 7.09. The second-order valence-electron chi connectivity index (χ2n) is 5.47. The maximum atomic E-state index is 5.62. The van der Waals surface area contributed by atoms with Gasteiger partial charge in [-0.15, -0.1) is 0 Å². The Balaban J connectivity index is 1.65. The molecular formula is C14H20N4S. The van der Waals surface area contributed by atoms with Gasteiger partial charge >= 0.3 is 0 Å². The average Bonchev–Trinajstić information content (AvgIpc) is 2.86. The van der Waals surface area contributed by atoms with Crippen molar-refractivity contribution in [1.82, 2.24) is 9.88 Å². The van der Waals surface area contributed by atoms with Gasteiger partial charge < -0.3 is 16.0 Å². The monoisotopic (exact) mass is 276 g/mol. The molecule has 102 valence electrons. The quantitative estimate of drug-likeness (QED) is 0.824. The summed E-state index contributed by atoms with van der Waals surface area (Å²) in [4.78, 5) is 7.44. The molecule has 2 unspecified atom stereocenters. The fourth-order valence-electron chi connectivity index (χ4n) is 3.22. The Labute approximate surface area is 119 Å². The molecule has 0 amide bonds. The van der Waals surface area contributed by atoms with E-state index in [0.717, 1.165) is 11.9 Å². The lowest BCUT2D eigenvalue weighted by molar-refractivity contribution is 0.188. The lowest BCUT2D eigenvalue weighted by Crippen LogP contribution is -2.42. The van der Waals surface area contributed by atoms with Crippen LogP contribution in [0.3, 0.4) is 0 Å². The third-order valence-electron chi connectivity index (χ3n) is 4.17. The van der Waals surface area contributed by atoms with Crippen molar-refractivity contribution in [2.75, 3.05) is 18.4 Å².